The molecule has 126 valence electrons. The Morgan fingerprint density at radius 2 is 1.84 bits per heavy atom. The van der Waals surface area contributed by atoms with Gasteiger partial charge in [0.2, 0.25) is 0 Å². The monoisotopic (exact) mass is 395 g/mol. The molecule has 6 nitrogen and oxygen atoms in total. The van der Waals surface area contributed by atoms with Gasteiger partial charge in [0.15, 0.2) is 0 Å². The maximum Gasteiger partial charge on any atom is 0.270 e. The molecule has 9 heteroatoms. The van der Waals surface area contributed by atoms with Crippen molar-refractivity contribution in [2.45, 2.75) is 0 Å². The van der Waals surface area contributed by atoms with E-state index < -0.39 is 10.8 Å². The molecule has 0 saturated heterocycles. The van der Waals surface area contributed by atoms with Gasteiger partial charge in [-0.15, -0.1) is 0 Å². The van der Waals surface area contributed by atoms with Gasteiger partial charge in [-0.05, 0) is 24.3 Å². The third kappa shape index (κ3) is 3.37. The molecule has 0 saturated carbocycles. The van der Waals surface area contributed by atoms with Gasteiger partial charge in [0.1, 0.15) is 0 Å². The maximum atomic E-state index is 12.5. The number of nitrogens with zero attached hydrogens (tertiary/aromatic N) is 2. The number of hydrogen-bond acceptors (Lipinski definition) is 4. The van der Waals surface area contributed by atoms with Crippen LogP contribution in [-0.2, 0) is 0 Å². The average Bonchev–Trinajstić information content (AvgIpc) is 2.58. The molecule has 3 aromatic rings. The van der Waals surface area contributed by atoms with Gasteiger partial charge in [0.25, 0.3) is 11.6 Å². The summed E-state index contributed by atoms with van der Waals surface area (Å²) < 4.78 is 0. The van der Waals surface area contributed by atoms with Crippen LogP contribution in [0.3, 0.4) is 0 Å². The Morgan fingerprint density at radius 1 is 1.08 bits per heavy atom. The molecule has 0 aliphatic heterocycles. The summed E-state index contributed by atoms with van der Waals surface area (Å²) in [7, 11) is 0. The molecule has 0 aliphatic carbocycles. The molecule has 1 N–H and O–H groups in total. The Labute approximate surface area is 156 Å². The van der Waals surface area contributed by atoms with E-state index in [1.54, 1.807) is 18.3 Å². The van der Waals surface area contributed by atoms with Crippen molar-refractivity contribution in [1.82, 2.24) is 4.98 Å². The quantitative estimate of drug-likeness (QED) is 0.477. The van der Waals surface area contributed by atoms with Gasteiger partial charge in [-0.3, -0.25) is 19.9 Å². The fourth-order valence-corrected chi connectivity index (χ4v) is 3.10. The van der Waals surface area contributed by atoms with E-state index in [1.807, 2.05) is 0 Å². The minimum absolute atomic E-state index is 0.0472. The first kappa shape index (κ1) is 17.4. The smallest absolute Gasteiger partial charge is 0.270 e. The van der Waals surface area contributed by atoms with E-state index in [2.05, 4.69) is 10.3 Å². The van der Waals surface area contributed by atoms with Gasteiger partial charge in [-0.2, -0.15) is 0 Å². The van der Waals surface area contributed by atoms with Crippen molar-refractivity contribution in [3.63, 3.8) is 0 Å². The zero-order valence-corrected chi connectivity index (χ0v) is 14.6. The lowest BCUT2D eigenvalue weighted by Crippen LogP contribution is -2.13. The predicted octanol–water partition coefficient (Wildman–Crippen LogP) is 5.36. The van der Waals surface area contributed by atoms with E-state index in [0.29, 0.717) is 15.9 Å². The van der Waals surface area contributed by atoms with E-state index in [0.717, 1.165) is 6.07 Å². The lowest BCUT2D eigenvalue weighted by atomic mass is 10.1. The first-order chi connectivity index (χ1) is 11.9. The van der Waals surface area contributed by atoms with Crippen molar-refractivity contribution in [1.29, 1.82) is 0 Å². The minimum atomic E-state index is -0.596. The molecule has 0 atom stereocenters. The Kier molecular flexibility index (Phi) is 4.76. The SMILES string of the molecule is O=C(Nc1c(Cl)cc(Cl)c2cccnc12)c1ccc([N+](=O)[O-])cc1Cl. The van der Waals surface area contributed by atoms with Crippen LogP contribution in [0.5, 0.6) is 0 Å². The number of aromatic nitrogens is 1. The molecule has 3 rings (SSSR count). The lowest BCUT2D eigenvalue weighted by molar-refractivity contribution is -0.384. The number of rotatable bonds is 3. The molecule has 0 aliphatic rings. The van der Waals surface area contributed by atoms with Crippen molar-refractivity contribution in [3.05, 3.63) is 73.3 Å². The Hall–Kier alpha value is -2.41. The van der Waals surface area contributed by atoms with Gasteiger partial charge in [-0.25, -0.2) is 0 Å². The number of nitro benzene ring substituents is 1. The number of fused-ring (bicyclic) bond motifs is 1. The van der Waals surface area contributed by atoms with E-state index in [9.17, 15) is 14.9 Å². The number of nitro groups is 1. The molecule has 0 bridgehead atoms. The number of pyridine rings is 1. The minimum Gasteiger partial charge on any atom is -0.319 e. The molecule has 0 spiro atoms. The Bertz CT molecular complexity index is 1020. The van der Waals surface area contributed by atoms with Gasteiger partial charge in [0.05, 0.1) is 36.8 Å². The summed E-state index contributed by atoms with van der Waals surface area (Å²) in [5.41, 5.74) is 0.563. The molecule has 25 heavy (non-hydrogen) atoms. The number of carbonyl (C=O) groups excluding carboxylic acids is 1. The number of benzene rings is 2. The lowest BCUT2D eigenvalue weighted by Gasteiger charge is -2.12. The fraction of sp³-hybridized carbons (Fsp3) is 0. The van der Waals surface area contributed by atoms with Crippen LogP contribution in [0.25, 0.3) is 10.9 Å². The third-order valence-electron chi connectivity index (χ3n) is 3.44. The summed E-state index contributed by atoms with van der Waals surface area (Å²) in [6, 6.07) is 8.53. The normalized spacial score (nSPS) is 10.7. The fourth-order valence-electron chi connectivity index (χ4n) is 2.27. The number of non-ortho nitro benzene ring substituents is 1. The molecule has 0 fully saturated rings. The van der Waals surface area contributed by atoms with Gasteiger partial charge in [-0.1, -0.05) is 34.8 Å². The Morgan fingerprint density at radius 3 is 2.52 bits per heavy atom. The zero-order valence-electron chi connectivity index (χ0n) is 12.3. The third-order valence-corrected chi connectivity index (χ3v) is 4.36. The second kappa shape index (κ2) is 6.84. The summed E-state index contributed by atoms with van der Waals surface area (Å²) >= 11 is 18.3. The van der Waals surface area contributed by atoms with Gasteiger partial charge in [0, 0.05) is 23.7 Å². The topological polar surface area (TPSA) is 85.1 Å². The second-order valence-corrected chi connectivity index (χ2v) is 6.21. The van der Waals surface area contributed by atoms with Crippen LogP contribution < -0.4 is 5.32 Å². The van der Waals surface area contributed by atoms with E-state index >= 15 is 0 Å². The molecular formula is C16H8Cl3N3O3. The highest BCUT2D eigenvalue weighted by atomic mass is 35.5. The summed E-state index contributed by atoms with van der Waals surface area (Å²) in [4.78, 5) is 26.9. The molecule has 0 radical (unpaired) electrons. The van der Waals surface area contributed by atoms with Crippen molar-refractivity contribution >= 4 is 63.0 Å². The highest BCUT2D eigenvalue weighted by molar-refractivity contribution is 6.41. The van der Waals surface area contributed by atoms with Crippen molar-refractivity contribution < 1.29 is 9.72 Å². The zero-order chi connectivity index (χ0) is 18.1. The van der Waals surface area contributed by atoms with E-state index in [-0.39, 0.29) is 27.0 Å². The predicted molar refractivity (Wildman–Crippen MR) is 97.8 cm³/mol. The van der Waals surface area contributed by atoms with E-state index in [4.69, 9.17) is 34.8 Å². The highest BCUT2D eigenvalue weighted by Gasteiger charge is 2.18. The van der Waals surface area contributed by atoms with Crippen LogP contribution in [0.15, 0.2) is 42.6 Å². The Balaban J connectivity index is 2.02. The van der Waals surface area contributed by atoms with Crippen LogP contribution >= 0.6 is 34.8 Å². The molecule has 2 aromatic carbocycles. The molecule has 0 unspecified atom stereocenters. The number of halogens is 3. The summed E-state index contributed by atoms with van der Waals surface area (Å²) in [5.74, 6) is -0.573. The second-order valence-electron chi connectivity index (χ2n) is 4.99. The van der Waals surface area contributed by atoms with Crippen LogP contribution in [0, 0.1) is 10.1 Å². The average molecular weight is 397 g/mol. The number of carbonyl (C=O) groups is 1. The molecule has 1 amide bonds. The number of nitrogens with one attached hydrogen (secondary N) is 1. The van der Waals surface area contributed by atoms with Crippen LogP contribution in [0.1, 0.15) is 10.4 Å². The molecular weight excluding hydrogens is 389 g/mol. The first-order valence-electron chi connectivity index (χ1n) is 6.86. The summed E-state index contributed by atoms with van der Waals surface area (Å²) in [6.45, 7) is 0. The van der Waals surface area contributed by atoms with Crippen molar-refractivity contribution in [2.75, 3.05) is 5.32 Å². The van der Waals surface area contributed by atoms with Crippen molar-refractivity contribution in [2.24, 2.45) is 0 Å². The summed E-state index contributed by atoms with van der Waals surface area (Å²) in [6.07, 6.45) is 1.55. The van der Waals surface area contributed by atoms with Gasteiger partial charge < -0.3 is 5.32 Å². The largest absolute Gasteiger partial charge is 0.319 e. The van der Waals surface area contributed by atoms with Crippen LogP contribution in [0.2, 0.25) is 15.1 Å². The maximum absolute atomic E-state index is 12.5. The van der Waals surface area contributed by atoms with Crippen molar-refractivity contribution in [3.8, 4) is 0 Å². The number of anilines is 1. The van der Waals surface area contributed by atoms with E-state index in [1.165, 1.54) is 18.2 Å². The summed E-state index contributed by atoms with van der Waals surface area (Å²) in [5, 5.41) is 14.6. The van der Waals surface area contributed by atoms with Crippen LogP contribution in [-0.4, -0.2) is 15.8 Å². The molecule has 1 aromatic heterocycles. The standard InChI is InChI=1S/C16H8Cl3N3O3/c17-11-6-8(22(24)25)3-4-10(11)16(23)21-15-13(19)7-12(18)9-2-1-5-20-14(9)15/h1-7H,(H,21,23). The number of amides is 1. The van der Waals surface area contributed by atoms with Gasteiger partial charge >= 0.3 is 0 Å². The first-order valence-corrected chi connectivity index (χ1v) is 8.00. The number of hydrogen-bond donors (Lipinski definition) is 1. The van der Waals surface area contributed by atoms with Crippen LogP contribution in [0.4, 0.5) is 11.4 Å². The highest BCUT2D eigenvalue weighted by Crippen LogP contribution is 2.35. The molecule has 1 heterocycles.